The lowest BCUT2D eigenvalue weighted by molar-refractivity contribution is 0.247. The summed E-state index contributed by atoms with van der Waals surface area (Å²) in [5.41, 5.74) is 1.31. The van der Waals surface area contributed by atoms with Crippen LogP contribution in [0.3, 0.4) is 0 Å². The van der Waals surface area contributed by atoms with Crippen molar-refractivity contribution >= 4 is 11.8 Å². The predicted octanol–water partition coefficient (Wildman–Crippen LogP) is 2.63. The van der Waals surface area contributed by atoms with E-state index in [0.717, 1.165) is 24.1 Å². The SMILES string of the molecule is CCCN1CSC(OCC)=C1C. The molecule has 1 heterocycles. The van der Waals surface area contributed by atoms with Gasteiger partial charge < -0.3 is 9.64 Å². The average molecular weight is 187 g/mol. The molecular weight excluding hydrogens is 170 g/mol. The van der Waals surface area contributed by atoms with Gasteiger partial charge in [0, 0.05) is 6.54 Å². The van der Waals surface area contributed by atoms with Crippen molar-refractivity contribution in [1.29, 1.82) is 0 Å². The minimum atomic E-state index is 0.777. The summed E-state index contributed by atoms with van der Waals surface area (Å²) < 4.78 is 5.49. The maximum atomic E-state index is 5.49. The molecular formula is C9H17NOS. The zero-order chi connectivity index (χ0) is 8.97. The Morgan fingerprint density at radius 3 is 2.83 bits per heavy atom. The van der Waals surface area contributed by atoms with Gasteiger partial charge >= 0.3 is 0 Å². The number of ether oxygens (including phenoxy) is 1. The maximum absolute atomic E-state index is 5.49. The largest absolute Gasteiger partial charge is 0.486 e. The number of hydrogen-bond acceptors (Lipinski definition) is 3. The van der Waals surface area contributed by atoms with Crippen molar-refractivity contribution in [2.75, 3.05) is 19.0 Å². The van der Waals surface area contributed by atoms with E-state index in [0.29, 0.717) is 0 Å². The van der Waals surface area contributed by atoms with Crippen molar-refractivity contribution in [3.8, 4) is 0 Å². The second-order valence-corrected chi connectivity index (χ2v) is 3.76. The van der Waals surface area contributed by atoms with Crippen LogP contribution in [-0.2, 0) is 4.74 Å². The fourth-order valence-corrected chi connectivity index (χ4v) is 2.38. The summed E-state index contributed by atoms with van der Waals surface area (Å²) in [6, 6.07) is 0. The van der Waals surface area contributed by atoms with Crippen LogP contribution in [0.1, 0.15) is 27.2 Å². The number of nitrogens with zero attached hydrogens (tertiary/aromatic N) is 1. The van der Waals surface area contributed by atoms with Crippen LogP contribution in [0.2, 0.25) is 0 Å². The van der Waals surface area contributed by atoms with E-state index in [2.05, 4.69) is 18.7 Å². The summed E-state index contributed by atoms with van der Waals surface area (Å²) in [6.07, 6.45) is 1.21. The third-order valence-electron chi connectivity index (χ3n) is 1.89. The van der Waals surface area contributed by atoms with E-state index in [1.807, 2.05) is 6.92 Å². The van der Waals surface area contributed by atoms with Gasteiger partial charge in [-0.1, -0.05) is 18.7 Å². The molecule has 0 radical (unpaired) electrons. The predicted molar refractivity (Wildman–Crippen MR) is 53.8 cm³/mol. The maximum Gasteiger partial charge on any atom is 0.173 e. The molecule has 0 saturated carbocycles. The quantitative estimate of drug-likeness (QED) is 0.671. The average Bonchev–Trinajstić information content (AvgIpc) is 2.38. The lowest BCUT2D eigenvalue weighted by Crippen LogP contribution is -2.18. The third-order valence-corrected chi connectivity index (χ3v) is 3.01. The molecule has 0 unspecified atom stereocenters. The van der Waals surface area contributed by atoms with E-state index >= 15 is 0 Å². The summed E-state index contributed by atoms with van der Waals surface area (Å²) in [5.74, 6) is 1.06. The molecule has 0 fully saturated rings. The summed E-state index contributed by atoms with van der Waals surface area (Å²) in [4.78, 5) is 2.37. The van der Waals surface area contributed by atoms with E-state index in [9.17, 15) is 0 Å². The Bertz CT molecular complexity index is 179. The van der Waals surface area contributed by atoms with Gasteiger partial charge in [-0.05, 0) is 20.3 Å². The molecule has 1 aliphatic rings. The first-order chi connectivity index (χ1) is 5.79. The molecule has 3 heteroatoms. The van der Waals surface area contributed by atoms with Crippen LogP contribution in [0.25, 0.3) is 0 Å². The molecule has 0 aromatic rings. The van der Waals surface area contributed by atoms with Crippen LogP contribution in [0, 0.1) is 0 Å². The first-order valence-corrected chi connectivity index (χ1v) is 5.49. The molecule has 2 nitrogen and oxygen atoms in total. The van der Waals surface area contributed by atoms with Gasteiger partial charge in [0.1, 0.15) is 0 Å². The third kappa shape index (κ3) is 2.09. The highest BCUT2D eigenvalue weighted by molar-refractivity contribution is 8.03. The Balaban J connectivity index is 2.50. The van der Waals surface area contributed by atoms with Crippen molar-refractivity contribution in [3.05, 3.63) is 10.8 Å². The molecule has 0 aliphatic carbocycles. The molecule has 0 atom stereocenters. The number of rotatable bonds is 4. The smallest absolute Gasteiger partial charge is 0.173 e. The Hall–Kier alpha value is -0.310. The van der Waals surface area contributed by atoms with E-state index in [-0.39, 0.29) is 0 Å². The number of allylic oxidation sites excluding steroid dienone is 1. The van der Waals surface area contributed by atoms with E-state index < -0.39 is 0 Å². The molecule has 1 rings (SSSR count). The zero-order valence-corrected chi connectivity index (χ0v) is 8.91. The van der Waals surface area contributed by atoms with Crippen LogP contribution in [0.4, 0.5) is 0 Å². The molecule has 70 valence electrons. The Labute approximate surface area is 79.0 Å². The summed E-state index contributed by atoms with van der Waals surface area (Å²) in [5, 5.41) is 1.12. The van der Waals surface area contributed by atoms with Crippen LogP contribution in [0.15, 0.2) is 10.8 Å². The Kier molecular flexibility index (Phi) is 3.79. The lowest BCUT2D eigenvalue weighted by atomic mass is 10.4. The van der Waals surface area contributed by atoms with Crippen molar-refractivity contribution in [2.45, 2.75) is 27.2 Å². The van der Waals surface area contributed by atoms with Gasteiger partial charge in [-0.25, -0.2) is 0 Å². The van der Waals surface area contributed by atoms with Gasteiger partial charge in [0.15, 0.2) is 5.09 Å². The second-order valence-electron chi connectivity index (χ2n) is 2.84. The molecule has 0 saturated heterocycles. The monoisotopic (exact) mass is 187 g/mol. The zero-order valence-electron chi connectivity index (χ0n) is 8.09. The molecule has 0 bridgehead atoms. The summed E-state index contributed by atoms with van der Waals surface area (Å²) in [6.45, 7) is 8.30. The van der Waals surface area contributed by atoms with Crippen LogP contribution in [0.5, 0.6) is 0 Å². The molecule has 0 spiro atoms. The fraction of sp³-hybridized carbons (Fsp3) is 0.778. The highest BCUT2D eigenvalue weighted by Gasteiger charge is 2.19. The minimum Gasteiger partial charge on any atom is -0.486 e. The number of thioether (sulfide) groups is 1. The Morgan fingerprint density at radius 1 is 1.50 bits per heavy atom. The highest BCUT2D eigenvalue weighted by atomic mass is 32.2. The fourth-order valence-electron chi connectivity index (χ4n) is 1.25. The summed E-state index contributed by atoms with van der Waals surface area (Å²) >= 11 is 1.81. The molecule has 0 aromatic heterocycles. The van der Waals surface area contributed by atoms with Crippen molar-refractivity contribution in [3.63, 3.8) is 0 Å². The first kappa shape index (κ1) is 9.78. The van der Waals surface area contributed by atoms with Gasteiger partial charge in [-0.15, -0.1) is 0 Å². The van der Waals surface area contributed by atoms with Gasteiger partial charge in [0.05, 0.1) is 18.2 Å². The Morgan fingerprint density at radius 2 is 2.25 bits per heavy atom. The standard InChI is InChI=1S/C9H17NOS/c1-4-6-10-7-12-9(8(10)3)11-5-2/h4-7H2,1-3H3. The van der Waals surface area contributed by atoms with Gasteiger partial charge in [0.25, 0.3) is 0 Å². The molecule has 1 aliphatic heterocycles. The van der Waals surface area contributed by atoms with Crippen molar-refractivity contribution < 1.29 is 4.74 Å². The minimum absolute atomic E-state index is 0.777. The van der Waals surface area contributed by atoms with E-state index in [1.165, 1.54) is 12.1 Å². The first-order valence-electron chi connectivity index (χ1n) is 4.51. The molecule has 0 amide bonds. The van der Waals surface area contributed by atoms with Crippen molar-refractivity contribution in [2.24, 2.45) is 0 Å². The number of hydrogen-bond donors (Lipinski definition) is 0. The lowest BCUT2D eigenvalue weighted by Gasteiger charge is -2.16. The second kappa shape index (κ2) is 4.65. The molecule has 0 N–H and O–H groups in total. The highest BCUT2D eigenvalue weighted by Crippen LogP contribution is 2.32. The van der Waals surface area contributed by atoms with Crippen LogP contribution < -0.4 is 0 Å². The normalized spacial score (nSPS) is 17.4. The van der Waals surface area contributed by atoms with E-state index in [1.54, 1.807) is 11.8 Å². The van der Waals surface area contributed by atoms with Gasteiger partial charge in [0.2, 0.25) is 0 Å². The molecule has 12 heavy (non-hydrogen) atoms. The molecule has 0 aromatic carbocycles. The topological polar surface area (TPSA) is 12.5 Å². The van der Waals surface area contributed by atoms with Gasteiger partial charge in [-0.3, -0.25) is 0 Å². The van der Waals surface area contributed by atoms with Crippen molar-refractivity contribution in [1.82, 2.24) is 4.90 Å². The van der Waals surface area contributed by atoms with E-state index in [4.69, 9.17) is 4.74 Å². The van der Waals surface area contributed by atoms with Gasteiger partial charge in [-0.2, -0.15) is 0 Å². The summed E-state index contributed by atoms with van der Waals surface area (Å²) in [7, 11) is 0. The van der Waals surface area contributed by atoms with Crippen LogP contribution in [-0.4, -0.2) is 23.9 Å². The van der Waals surface area contributed by atoms with Crippen LogP contribution >= 0.6 is 11.8 Å².